The van der Waals surface area contributed by atoms with Gasteiger partial charge < -0.3 is 10.2 Å². The molecule has 1 aromatic carbocycles. The molecule has 5 heteroatoms. The first-order chi connectivity index (χ1) is 11.2. The quantitative estimate of drug-likeness (QED) is 0.946. The third-order valence-corrected chi connectivity index (χ3v) is 5.15. The monoisotopic (exact) mass is 310 g/mol. The van der Waals surface area contributed by atoms with Gasteiger partial charge in [0.05, 0.1) is 5.69 Å². The number of nitrogens with zero attached hydrogens (tertiary/aromatic N) is 3. The van der Waals surface area contributed by atoms with Crippen LogP contribution in [-0.2, 0) is 0 Å². The summed E-state index contributed by atoms with van der Waals surface area (Å²) in [5, 5.41) is 8.08. The fourth-order valence-corrected chi connectivity index (χ4v) is 3.85. The number of carbonyl (C=O) groups excluding carboxylic acids is 1. The van der Waals surface area contributed by atoms with Crippen LogP contribution in [0.15, 0.2) is 42.6 Å². The van der Waals surface area contributed by atoms with E-state index in [1.54, 1.807) is 4.68 Å². The van der Waals surface area contributed by atoms with Crippen LogP contribution in [0.4, 0.5) is 0 Å². The van der Waals surface area contributed by atoms with Crippen LogP contribution in [0.25, 0.3) is 5.69 Å². The second-order valence-electron chi connectivity index (χ2n) is 6.66. The minimum atomic E-state index is 0.0194. The highest BCUT2D eigenvalue weighted by molar-refractivity contribution is 5.92. The molecule has 120 valence electrons. The van der Waals surface area contributed by atoms with Crippen LogP contribution < -0.4 is 5.32 Å². The van der Waals surface area contributed by atoms with Crippen LogP contribution in [0.1, 0.15) is 36.2 Å². The largest absolute Gasteiger partial charge is 0.337 e. The van der Waals surface area contributed by atoms with Gasteiger partial charge in [-0.3, -0.25) is 4.79 Å². The summed E-state index contributed by atoms with van der Waals surface area (Å²) in [6.07, 6.45) is 6.44. The maximum absolute atomic E-state index is 12.8. The van der Waals surface area contributed by atoms with E-state index in [1.165, 1.54) is 12.8 Å². The number of hydrogen-bond donors (Lipinski definition) is 1. The summed E-state index contributed by atoms with van der Waals surface area (Å²) in [5.41, 5.74) is 1.48. The van der Waals surface area contributed by atoms with Crippen molar-refractivity contribution in [2.75, 3.05) is 7.05 Å². The molecule has 1 N–H and O–H groups in total. The molecule has 1 amide bonds. The second-order valence-corrected chi connectivity index (χ2v) is 6.66. The number of hydrogen-bond acceptors (Lipinski definition) is 3. The third kappa shape index (κ3) is 2.77. The van der Waals surface area contributed by atoms with E-state index in [4.69, 9.17) is 0 Å². The lowest BCUT2D eigenvalue weighted by Gasteiger charge is -2.35. The number of para-hydroxylation sites is 1. The maximum Gasteiger partial charge on any atom is 0.274 e. The lowest BCUT2D eigenvalue weighted by atomic mass is 9.98. The normalized spacial score (nSPS) is 26.2. The molecular formula is C18H22N4O. The molecule has 0 saturated carbocycles. The van der Waals surface area contributed by atoms with Crippen LogP contribution in [0.3, 0.4) is 0 Å². The number of aromatic nitrogens is 2. The van der Waals surface area contributed by atoms with Gasteiger partial charge in [-0.15, -0.1) is 0 Å². The molecule has 0 spiro atoms. The average molecular weight is 310 g/mol. The van der Waals surface area contributed by atoms with Gasteiger partial charge in [0, 0.05) is 31.4 Å². The van der Waals surface area contributed by atoms with Crippen molar-refractivity contribution < 1.29 is 4.79 Å². The predicted octanol–water partition coefficient (Wildman–Crippen LogP) is 2.23. The highest BCUT2D eigenvalue weighted by Gasteiger charge is 2.36. The number of fused-ring (bicyclic) bond motifs is 2. The summed E-state index contributed by atoms with van der Waals surface area (Å²) < 4.78 is 1.76. The van der Waals surface area contributed by atoms with Crippen molar-refractivity contribution in [3.05, 3.63) is 48.3 Å². The number of rotatable bonds is 3. The molecule has 23 heavy (non-hydrogen) atoms. The topological polar surface area (TPSA) is 50.2 Å². The van der Waals surface area contributed by atoms with Gasteiger partial charge in [-0.25, -0.2) is 4.68 Å². The molecule has 2 aliphatic heterocycles. The maximum atomic E-state index is 12.8. The average Bonchev–Trinajstić information content (AvgIpc) is 3.21. The Bertz CT molecular complexity index is 684. The van der Waals surface area contributed by atoms with E-state index in [9.17, 15) is 4.79 Å². The molecule has 2 aromatic rings. The molecule has 4 rings (SSSR count). The molecule has 2 atom stereocenters. The molecule has 2 fully saturated rings. The Labute approximate surface area is 136 Å². The fraction of sp³-hybridized carbons (Fsp3) is 0.444. The minimum Gasteiger partial charge on any atom is -0.337 e. The zero-order valence-corrected chi connectivity index (χ0v) is 13.4. The van der Waals surface area contributed by atoms with Crippen molar-refractivity contribution in [3.8, 4) is 5.69 Å². The first-order valence-electron chi connectivity index (χ1n) is 8.35. The summed E-state index contributed by atoms with van der Waals surface area (Å²) in [5.74, 6) is 0.0194. The third-order valence-electron chi connectivity index (χ3n) is 5.15. The minimum absolute atomic E-state index is 0.0194. The van der Waals surface area contributed by atoms with Gasteiger partial charge in [0.1, 0.15) is 0 Å². The van der Waals surface area contributed by atoms with Gasteiger partial charge >= 0.3 is 0 Å². The Morgan fingerprint density at radius 1 is 1.17 bits per heavy atom. The van der Waals surface area contributed by atoms with Crippen LogP contribution in [0.5, 0.6) is 0 Å². The summed E-state index contributed by atoms with van der Waals surface area (Å²) in [6, 6.07) is 13.2. The second kappa shape index (κ2) is 5.81. The first-order valence-corrected chi connectivity index (χ1v) is 8.35. The van der Waals surface area contributed by atoms with E-state index in [1.807, 2.05) is 54.5 Å². The predicted molar refractivity (Wildman–Crippen MR) is 88.6 cm³/mol. The Morgan fingerprint density at radius 2 is 1.87 bits per heavy atom. The fourth-order valence-electron chi connectivity index (χ4n) is 3.85. The van der Waals surface area contributed by atoms with Crippen molar-refractivity contribution in [3.63, 3.8) is 0 Å². The molecule has 1 aromatic heterocycles. The molecule has 0 aliphatic carbocycles. The Balaban J connectivity index is 1.49. The summed E-state index contributed by atoms with van der Waals surface area (Å²) in [4.78, 5) is 14.6. The standard InChI is InChI=1S/C18H22N4O/c1-21(16-11-13-7-8-14(12-16)19-13)18(23)17-9-10-22(20-17)15-5-3-2-4-6-15/h2-6,9-10,13-14,16,19H,7-8,11-12H2,1H3. The molecule has 0 radical (unpaired) electrons. The van der Waals surface area contributed by atoms with Crippen LogP contribution in [-0.4, -0.2) is 45.8 Å². The van der Waals surface area contributed by atoms with E-state index >= 15 is 0 Å². The van der Waals surface area contributed by atoms with E-state index < -0.39 is 0 Å². The van der Waals surface area contributed by atoms with E-state index in [2.05, 4.69) is 10.4 Å². The van der Waals surface area contributed by atoms with E-state index in [0.29, 0.717) is 23.8 Å². The molecule has 2 unspecified atom stereocenters. The first kappa shape index (κ1) is 14.5. The van der Waals surface area contributed by atoms with Crippen LogP contribution in [0, 0.1) is 0 Å². The molecule has 2 aliphatic rings. The summed E-state index contributed by atoms with van der Waals surface area (Å²) in [7, 11) is 1.92. The molecule has 2 saturated heterocycles. The number of amides is 1. The molecular weight excluding hydrogens is 288 g/mol. The van der Waals surface area contributed by atoms with Crippen LogP contribution >= 0.6 is 0 Å². The van der Waals surface area contributed by atoms with Crippen molar-refractivity contribution in [1.29, 1.82) is 0 Å². The number of carbonyl (C=O) groups is 1. The smallest absolute Gasteiger partial charge is 0.274 e. The lowest BCUT2D eigenvalue weighted by Crippen LogP contribution is -2.48. The van der Waals surface area contributed by atoms with Crippen molar-refractivity contribution in [2.24, 2.45) is 0 Å². The van der Waals surface area contributed by atoms with Gasteiger partial charge in [-0.05, 0) is 43.9 Å². The SMILES string of the molecule is CN(C(=O)c1ccn(-c2ccccc2)n1)C1CC2CCC(C1)N2. The van der Waals surface area contributed by atoms with E-state index in [0.717, 1.165) is 18.5 Å². The van der Waals surface area contributed by atoms with Gasteiger partial charge in [-0.1, -0.05) is 18.2 Å². The number of piperidine rings is 1. The van der Waals surface area contributed by atoms with Crippen molar-refractivity contribution in [2.45, 2.75) is 43.8 Å². The highest BCUT2D eigenvalue weighted by atomic mass is 16.2. The van der Waals surface area contributed by atoms with Gasteiger partial charge in [0.25, 0.3) is 5.91 Å². The summed E-state index contributed by atoms with van der Waals surface area (Å²) in [6.45, 7) is 0. The van der Waals surface area contributed by atoms with Crippen molar-refractivity contribution >= 4 is 5.91 Å². The van der Waals surface area contributed by atoms with Crippen molar-refractivity contribution in [1.82, 2.24) is 20.0 Å². The Morgan fingerprint density at radius 3 is 2.57 bits per heavy atom. The molecule has 3 heterocycles. The van der Waals surface area contributed by atoms with Gasteiger partial charge in [0.15, 0.2) is 5.69 Å². The van der Waals surface area contributed by atoms with Gasteiger partial charge in [-0.2, -0.15) is 5.10 Å². The lowest BCUT2D eigenvalue weighted by molar-refractivity contribution is 0.0675. The zero-order chi connectivity index (χ0) is 15.8. The Hall–Kier alpha value is -2.14. The zero-order valence-electron chi connectivity index (χ0n) is 13.4. The summed E-state index contributed by atoms with van der Waals surface area (Å²) >= 11 is 0. The molecule has 2 bridgehead atoms. The number of benzene rings is 1. The van der Waals surface area contributed by atoms with Gasteiger partial charge in [0.2, 0.25) is 0 Å². The number of nitrogens with one attached hydrogen (secondary N) is 1. The molecule has 5 nitrogen and oxygen atoms in total. The van der Waals surface area contributed by atoms with Crippen LogP contribution in [0.2, 0.25) is 0 Å². The Kier molecular flexibility index (Phi) is 3.65. The van der Waals surface area contributed by atoms with E-state index in [-0.39, 0.29) is 5.91 Å². The highest BCUT2D eigenvalue weighted by Crippen LogP contribution is 2.29.